The summed E-state index contributed by atoms with van der Waals surface area (Å²) in [5.74, 6) is -0.797. The number of amides is 1. The molecule has 114 valence electrons. The highest BCUT2D eigenvalue weighted by Crippen LogP contribution is 2.21. The molecule has 1 aliphatic heterocycles. The van der Waals surface area contributed by atoms with Crippen LogP contribution in [-0.4, -0.2) is 40.1 Å². The van der Waals surface area contributed by atoms with E-state index in [0.717, 1.165) is 5.56 Å². The molecule has 0 spiro atoms. The summed E-state index contributed by atoms with van der Waals surface area (Å²) in [5, 5.41) is 12.9. The lowest BCUT2D eigenvalue weighted by atomic mass is 10.1. The second kappa shape index (κ2) is 6.01. The van der Waals surface area contributed by atoms with E-state index in [2.05, 4.69) is 5.16 Å². The summed E-state index contributed by atoms with van der Waals surface area (Å²) in [5.41, 5.74) is 1.46. The molecule has 0 radical (unpaired) electrons. The Morgan fingerprint density at radius 2 is 2.09 bits per heavy atom. The number of carboxylic acid groups (broad SMARTS) is 1. The predicted molar refractivity (Wildman–Crippen MR) is 78.0 cm³/mol. The molecular formula is C16H16N2O4. The number of aromatic nitrogens is 1. The number of likely N-dealkylation sites (tertiary alicyclic amines) is 1. The van der Waals surface area contributed by atoms with Gasteiger partial charge in [0.05, 0.1) is 18.0 Å². The molecule has 1 aliphatic rings. The molecule has 22 heavy (non-hydrogen) atoms. The van der Waals surface area contributed by atoms with Crippen molar-refractivity contribution < 1.29 is 19.2 Å². The van der Waals surface area contributed by atoms with Gasteiger partial charge in [0.15, 0.2) is 5.76 Å². The van der Waals surface area contributed by atoms with Crippen molar-refractivity contribution in [2.75, 3.05) is 13.1 Å². The molecule has 1 N–H and O–H groups in total. The van der Waals surface area contributed by atoms with Crippen molar-refractivity contribution in [1.29, 1.82) is 0 Å². The SMILES string of the molecule is O=C(O)C1CCN(C(=O)Cc2cc(-c3ccccc3)on2)C1. The average molecular weight is 300 g/mol. The number of carbonyl (C=O) groups is 2. The van der Waals surface area contributed by atoms with E-state index in [4.69, 9.17) is 9.63 Å². The first kappa shape index (κ1) is 14.3. The molecule has 0 aliphatic carbocycles. The number of carbonyl (C=O) groups excluding carboxylic acids is 1. The number of hydrogen-bond acceptors (Lipinski definition) is 4. The van der Waals surface area contributed by atoms with Gasteiger partial charge >= 0.3 is 5.97 Å². The van der Waals surface area contributed by atoms with Crippen LogP contribution in [0.5, 0.6) is 0 Å². The maximum Gasteiger partial charge on any atom is 0.308 e. The van der Waals surface area contributed by atoms with Crippen LogP contribution in [0.1, 0.15) is 12.1 Å². The monoisotopic (exact) mass is 300 g/mol. The Morgan fingerprint density at radius 1 is 1.32 bits per heavy atom. The van der Waals surface area contributed by atoms with Crippen LogP contribution in [0.3, 0.4) is 0 Å². The zero-order valence-corrected chi connectivity index (χ0v) is 11.9. The van der Waals surface area contributed by atoms with Gasteiger partial charge in [-0.25, -0.2) is 0 Å². The fraction of sp³-hybridized carbons (Fsp3) is 0.312. The van der Waals surface area contributed by atoms with E-state index in [9.17, 15) is 9.59 Å². The Balaban J connectivity index is 1.63. The van der Waals surface area contributed by atoms with Crippen LogP contribution in [0.4, 0.5) is 0 Å². The maximum atomic E-state index is 12.2. The molecule has 1 aromatic carbocycles. The maximum absolute atomic E-state index is 12.2. The van der Waals surface area contributed by atoms with Crippen LogP contribution in [-0.2, 0) is 16.0 Å². The summed E-state index contributed by atoms with van der Waals surface area (Å²) < 4.78 is 5.26. The zero-order chi connectivity index (χ0) is 15.5. The first-order chi connectivity index (χ1) is 10.6. The van der Waals surface area contributed by atoms with Gasteiger partial charge in [0, 0.05) is 24.7 Å². The molecular weight excluding hydrogens is 284 g/mol. The summed E-state index contributed by atoms with van der Waals surface area (Å²) in [6, 6.07) is 11.3. The van der Waals surface area contributed by atoms with Crippen molar-refractivity contribution in [3.63, 3.8) is 0 Å². The quantitative estimate of drug-likeness (QED) is 0.931. The smallest absolute Gasteiger partial charge is 0.308 e. The molecule has 0 bridgehead atoms. The van der Waals surface area contributed by atoms with Crippen LogP contribution in [0.2, 0.25) is 0 Å². The first-order valence-electron chi connectivity index (χ1n) is 7.15. The van der Waals surface area contributed by atoms with Gasteiger partial charge in [0.1, 0.15) is 0 Å². The molecule has 1 fully saturated rings. The Kier molecular flexibility index (Phi) is 3.91. The average Bonchev–Trinajstić information content (AvgIpc) is 3.17. The number of benzene rings is 1. The number of rotatable bonds is 4. The molecule has 6 heteroatoms. The minimum Gasteiger partial charge on any atom is -0.481 e. The second-order valence-corrected chi connectivity index (χ2v) is 5.39. The van der Waals surface area contributed by atoms with Crippen LogP contribution in [0, 0.1) is 5.92 Å². The largest absolute Gasteiger partial charge is 0.481 e. The minimum absolute atomic E-state index is 0.114. The Morgan fingerprint density at radius 3 is 2.77 bits per heavy atom. The van der Waals surface area contributed by atoms with Gasteiger partial charge < -0.3 is 14.5 Å². The Hall–Kier alpha value is -2.63. The third kappa shape index (κ3) is 3.00. The van der Waals surface area contributed by atoms with E-state index in [-0.39, 0.29) is 18.9 Å². The van der Waals surface area contributed by atoms with Gasteiger partial charge in [0.25, 0.3) is 0 Å². The molecule has 0 saturated carbocycles. The fourth-order valence-electron chi connectivity index (χ4n) is 2.59. The van der Waals surface area contributed by atoms with Gasteiger partial charge in [-0.2, -0.15) is 0 Å². The second-order valence-electron chi connectivity index (χ2n) is 5.39. The predicted octanol–water partition coefficient (Wildman–Crippen LogP) is 1.82. The van der Waals surface area contributed by atoms with Crippen LogP contribution < -0.4 is 0 Å². The number of nitrogens with zero attached hydrogens (tertiary/aromatic N) is 2. The van der Waals surface area contributed by atoms with Gasteiger partial charge in [-0.15, -0.1) is 0 Å². The van der Waals surface area contributed by atoms with Gasteiger partial charge in [0.2, 0.25) is 5.91 Å². The summed E-state index contributed by atoms with van der Waals surface area (Å²) >= 11 is 0. The summed E-state index contributed by atoms with van der Waals surface area (Å²) in [4.78, 5) is 24.7. The van der Waals surface area contributed by atoms with Crippen LogP contribution >= 0.6 is 0 Å². The van der Waals surface area contributed by atoms with E-state index in [1.165, 1.54) is 0 Å². The van der Waals surface area contributed by atoms with Crippen molar-refractivity contribution >= 4 is 11.9 Å². The lowest BCUT2D eigenvalue weighted by molar-refractivity contribution is -0.141. The first-order valence-corrected chi connectivity index (χ1v) is 7.15. The standard InChI is InChI=1S/C16H16N2O4/c19-15(18-7-6-12(10-18)16(20)21)9-13-8-14(22-17-13)11-4-2-1-3-5-11/h1-5,8,12H,6-7,9-10H2,(H,20,21). The highest BCUT2D eigenvalue weighted by atomic mass is 16.5. The molecule has 2 aromatic rings. The summed E-state index contributed by atoms with van der Waals surface area (Å²) in [6.45, 7) is 0.761. The van der Waals surface area contributed by atoms with Gasteiger partial charge in [-0.3, -0.25) is 9.59 Å². The fourth-order valence-corrected chi connectivity index (χ4v) is 2.59. The molecule has 1 amide bonds. The van der Waals surface area contributed by atoms with Crippen molar-refractivity contribution in [2.45, 2.75) is 12.8 Å². The molecule has 6 nitrogen and oxygen atoms in total. The lowest BCUT2D eigenvalue weighted by Crippen LogP contribution is -2.31. The summed E-state index contributed by atoms with van der Waals surface area (Å²) in [6.07, 6.45) is 0.637. The Labute approximate surface area is 127 Å². The zero-order valence-electron chi connectivity index (χ0n) is 11.9. The number of hydrogen-bond donors (Lipinski definition) is 1. The van der Waals surface area contributed by atoms with Crippen LogP contribution in [0.15, 0.2) is 40.9 Å². The third-order valence-electron chi connectivity index (χ3n) is 3.84. The third-order valence-corrected chi connectivity index (χ3v) is 3.84. The summed E-state index contributed by atoms with van der Waals surface area (Å²) in [7, 11) is 0. The van der Waals surface area contributed by atoms with Crippen molar-refractivity contribution in [3.05, 3.63) is 42.1 Å². The number of carboxylic acids is 1. The van der Waals surface area contributed by atoms with E-state index in [1.807, 2.05) is 30.3 Å². The highest BCUT2D eigenvalue weighted by molar-refractivity contribution is 5.80. The van der Waals surface area contributed by atoms with Crippen LogP contribution in [0.25, 0.3) is 11.3 Å². The van der Waals surface area contributed by atoms with Crippen molar-refractivity contribution in [3.8, 4) is 11.3 Å². The molecule has 3 rings (SSSR count). The molecule has 1 saturated heterocycles. The number of aliphatic carboxylic acids is 1. The topological polar surface area (TPSA) is 83.6 Å². The molecule has 1 aromatic heterocycles. The van der Waals surface area contributed by atoms with Gasteiger partial charge in [-0.05, 0) is 6.42 Å². The van der Waals surface area contributed by atoms with Crippen molar-refractivity contribution in [1.82, 2.24) is 10.1 Å². The Bertz CT molecular complexity index is 680. The molecule has 1 unspecified atom stereocenters. The lowest BCUT2D eigenvalue weighted by Gasteiger charge is -2.14. The van der Waals surface area contributed by atoms with E-state index >= 15 is 0 Å². The van der Waals surface area contributed by atoms with E-state index in [0.29, 0.717) is 24.4 Å². The van der Waals surface area contributed by atoms with E-state index in [1.54, 1.807) is 11.0 Å². The van der Waals surface area contributed by atoms with Crippen molar-refractivity contribution in [2.24, 2.45) is 5.92 Å². The minimum atomic E-state index is -0.844. The molecule has 1 atom stereocenters. The van der Waals surface area contributed by atoms with Gasteiger partial charge in [-0.1, -0.05) is 35.5 Å². The van der Waals surface area contributed by atoms with E-state index < -0.39 is 11.9 Å². The highest BCUT2D eigenvalue weighted by Gasteiger charge is 2.31. The molecule has 2 heterocycles. The normalized spacial score (nSPS) is 17.6.